The summed E-state index contributed by atoms with van der Waals surface area (Å²) in [6.07, 6.45) is 3.87. The highest BCUT2D eigenvalue weighted by molar-refractivity contribution is 6.33. The van der Waals surface area contributed by atoms with E-state index in [0.29, 0.717) is 11.4 Å². The van der Waals surface area contributed by atoms with Gasteiger partial charge in [0.15, 0.2) is 0 Å². The first kappa shape index (κ1) is 14.8. The van der Waals surface area contributed by atoms with Crippen molar-refractivity contribution in [2.45, 2.75) is 13.3 Å². The lowest BCUT2D eigenvalue weighted by molar-refractivity contribution is -0.131. The maximum Gasteiger partial charge on any atom is 0.222 e. The van der Waals surface area contributed by atoms with E-state index in [9.17, 15) is 4.79 Å². The molecule has 0 bridgehead atoms. The minimum atomic E-state index is 0.206. The maximum absolute atomic E-state index is 11.8. The van der Waals surface area contributed by atoms with Crippen molar-refractivity contribution < 1.29 is 4.79 Å². The quantitative estimate of drug-likeness (QED) is 0.868. The molecule has 2 aromatic rings. The number of nitrogens with zero attached hydrogens (tertiary/aromatic N) is 5. The molecule has 0 saturated carbocycles. The van der Waals surface area contributed by atoms with Gasteiger partial charge in [0, 0.05) is 32.6 Å². The lowest BCUT2D eigenvalue weighted by Gasteiger charge is -2.37. The number of aromatic nitrogens is 3. The van der Waals surface area contributed by atoms with Crippen LogP contribution >= 0.6 is 11.6 Å². The molecular weight excluding hydrogens is 302 g/mol. The Morgan fingerprint density at radius 1 is 1.18 bits per heavy atom. The minimum Gasteiger partial charge on any atom is -0.365 e. The van der Waals surface area contributed by atoms with Crippen molar-refractivity contribution in [2.24, 2.45) is 0 Å². The summed E-state index contributed by atoms with van der Waals surface area (Å²) in [6.45, 7) is 4.88. The van der Waals surface area contributed by atoms with Crippen molar-refractivity contribution in [1.82, 2.24) is 19.7 Å². The Morgan fingerprint density at radius 2 is 1.86 bits per heavy atom. The Balaban J connectivity index is 1.86. The Kier molecular flexibility index (Phi) is 4.29. The number of rotatable bonds is 3. The molecule has 116 valence electrons. The average molecular weight is 320 g/mol. The third kappa shape index (κ3) is 2.78. The fourth-order valence-corrected chi connectivity index (χ4v) is 3.04. The Hall–Kier alpha value is -2.08. The summed E-state index contributed by atoms with van der Waals surface area (Å²) >= 11 is 6.43. The van der Waals surface area contributed by atoms with Crippen molar-refractivity contribution in [3.05, 3.63) is 35.9 Å². The highest BCUT2D eigenvalue weighted by Crippen LogP contribution is 2.33. The smallest absolute Gasteiger partial charge is 0.222 e. The fraction of sp³-hybridized carbons (Fsp3) is 0.400. The van der Waals surface area contributed by atoms with Gasteiger partial charge in [-0.1, -0.05) is 24.6 Å². The number of anilines is 1. The normalized spacial score (nSPS) is 15.2. The number of halogens is 1. The predicted octanol–water partition coefficient (Wildman–Crippen LogP) is 1.98. The lowest BCUT2D eigenvalue weighted by Crippen LogP contribution is -2.48. The monoisotopic (exact) mass is 319 g/mol. The maximum atomic E-state index is 11.8. The second-order valence-corrected chi connectivity index (χ2v) is 5.61. The zero-order valence-electron chi connectivity index (χ0n) is 12.4. The van der Waals surface area contributed by atoms with E-state index in [4.69, 9.17) is 11.6 Å². The van der Waals surface area contributed by atoms with Crippen molar-refractivity contribution in [3.63, 3.8) is 0 Å². The SMILES string of the molecule is CCC(=O)N1CCN(c2c(Cl)cccc2-n2cnnc2)CC1. The van der Waals surface area contributed by atoms with Gasteiger partial charge in [-0.3, -0.25) is 9.36 Å². The Labute approximate surface area is 134 Å². The molecule has 0 unspecified atom stereocenters. The molecule has 6 nitrogen and oxygen atoms in total. The van der Waals surface area contributed by atoms with Gasteiger partial charge in [-0.2, -0.15) is 0 Å². The second kappa shape index (κ2) is 6.36. The first-order valence-electron chi connectivity index (χ1n) is 7.37. The first-order chi connectivity index (χ1) is 10.7. The van der Waals surface area contributed by atoms with E-state index in [1.54, 1.807) is 12.7 Å². The molecular formula is C15H18ClN5O. The molecule has 1 aliphatic rings. The minimum absolute atomic E-state index is 0.206. The molecule has 2 heterocycles. The molecule has 0 spiro atoms. The molecule has 0 aliphatic carbocycles. The highest BCUT2D eigenvalue weighted by atomic mass is 35.5. The summed E-state index contributed by atoms with van der Waals surface area (Å²) < 4.78 is 1.85. The predicted molar refractivity (Wildman–Crippen MR) is 85.5 cm³/mol. The number of hydrogen-bond acceptors (Lipinski definition) is 4. The summed E-state index contributed by atoms with van der Waals surface area (Å²) in [4.78, 5) is 15.9. The van der Waals surface area contributed by atoms with Crippen molar-refractivity contribution in [1.29, 1.82) is 0 Å². The summed E-state index contributed by atoms with van der Waals surface area (Å²) in [5, 5.41) is 8.41. The number of hydrogen-bond donors (Lipinski definition) is 0. The number of carbonyl (C=O) groups excluding carboxylic acids is 1. The number of benzene rings is 1. The second-order valence-electron chi connectivity index (χ2n) is 5.20. The van der Waals surface area contributed by atoms with Gasteiger partial charge >= 0.3 is 0 Å². The van der Waals surface area contributed by atoms with Crippen molar-refractivity contribution >= 4 is 23.2 Å². The van der Waals surface area contributed by atoms with E-state index in [1.807, 2.05) is 34.6 Å². The summed E-state index contributed by atoms with van der Waals surface area (Å²) in [7, 11) is 0. The van der Waals surface area contributed by atoms with Gasteiger partial charge in [0.05, 0.1) is 16.4 Å². The molecule has 0 radical (unpaired) electrons. The molecule has 1 amide bonds. The van der Waals surface area contributed by atoms with Gasteiger partial charge < -0.3 is 9.80 Å². The lowest BCUT2D eigenvalue weighted by atomic mass is 10.2. The van der Waals surface area contributed by atoms with E-state index < -0.39 is 0 Å². The summed E-state index contributed by atoms with van der Waals surface area (Å²) in [5.41, 5.74) is 1.92. The van der Waals surface area contributed by atoms with Gasteiger partial charge in [-0.05, 0) is 12.1 Å². The molecule has 0 N–H and O–H groups in total. The van der Waals surface area contributed by atoms with Crippen LogP contribution in [0.15, 0.2) is 30.9 Å². The average Bonchev–Trinajstić information content (AvgIpc) is 3.08. The van der Waals surface area contributed by atoms with E-state index in [2.05, 4.69) is 15.1 Å². The van der Waals surface area contributed by atoms with Crippen LogP contribution in [0.4, 0.5) is 5.69 Å². The van der Waals surface area contributed by atoms with Gasteiger partial charge in [0.1, 0.15) is 12.7 Å². The molecule has 22 heavy (non-hydrogen) atoms. The Morgan fingerprint density at radius 3 is 2.50 bits per heavy atom. The summed E-state index contributed by atoms with van der Waals surface area (Å²) in [6, 6.07) is 5.79. The largest absolute Gasteiger partial charge is 0.365 e. The molecule has 1 aromatic carbocycles. The highest BCUT2D eigenvalue weighted by Gasteiger charge is 2.23. The third-order valence-corrected chi connectivity index (χ3v) is 4.22. The van der Waals surface area contributed by atoms with Crippen LogP contribution in [0.3, 0.4) is 0 Å². The number of amides is 1. The first-order valence-corrected chi connectivity index (χ1v) is 7.74. The summed E-state index contributed by atoms with van der Waals surface area (Å²) in [5.74, 6) is 0.206. The molecule has 1 saturated heterocycles. The molecule has 1 aliphatic heterocycles. The zero-order chi connectivity index (χ0) is 15.5. The Bertz CT molecular complexity index is 650. The van der Waals surface area contributed by atoms with Crippen LogP contribution < -0.4 is 4.90 Å². The van der Waals surface area contributed by atoms with E-state index >= 15 is 0 Å². The van der Waals surface area contributed by atoms with Crippen LogP contribution in [0, 0.1) is 0 Å². The van der Waals surface area contributed by atoms with Crippen LogP contribution in [-0.4, -0.2) is 51.8 Å². The fourth-order valence-electron chi connectivity index (χ4n) is 2.75. The molecule has 3 rings (SSSR count). The number of piperazine rings is 1. The van der Waals surface area contributed by atoms with Gasteiger partial charge in [0.25, 0.3) is 0 Å². The van der Waals surface area contributed by atoms with Gasteiger partial charge in [-0.25, -0.2) is 0 Å². The zero-order valence-corrected chi connectivity index (χ0v) is 13.2. The van der Waals surface area contributed by atoms with Crippen LogP contribution in [0.1, 0.15) is 13.3 Å². The van der Waals surface area contributed by atoms with Crippen LogP contribution in [-0.2, 0) is 4.79 Å². The van der Waals surface area contributed by atoms with Crippen molar-refractivity contribution in [3.8, 4) is 5.69 Å². The molecule has 1 fully saturated rings. The topological polar surface area (TPSA) is 54.3 Å². The van der Waals surface area contributed by atoms with E-state index in [0.717, 1.165) is 37.6 Å². The third-order valence-electron chi connectivity index (χ3n) is 3.91. The number of carbonyl (C=O) groups is 1. The molecule has 1 aromatic heterocycles. The number of para-hydroxylation sites is 1. The van der Waals surface area contributed by atoms with Gasteiger partial charge in [0.2, 0.25) is 5.91 Å². The molecule has 0 atom stereocenters. The molecule has 7 heteroatoms. The van der Waals surface area contributed by atoms with E-state index in [1.165, 1.54) is 0 Å². The van der Waals surface area contributed by atoms with Crippen molar-refractivity contribution in [2.75, 3.05) is 31.1 Å². The van der Waals surface area contributed by atoms with Crippen LogP contribution in [0.25, 0.3) is 5.69 Å². The van der Waals surface area contributed by atoms with E-state index in [-0.39, 0.29) is 5.91 Å². The van der Waals surface area contributed by atoms with Crippen LogP contribution in [0.5, 0.6) is 0 Å². The van der Waals surface area contributed by atoms with Gasteiger partial charge in [-0.15, -0.1) is 10.2 Å². The van der Waals surface area contributed by atoms with Crippen LogP contribution in [0.2, 0.25) is 5.02 Å². The standard InChI is InChI=1S/C15H18ClN5O/c1-2-14(22)19-6-8-20(9-7-19)15-12(16)4-3-5-13(15)21-10-17-18-11-21/h3-5,10-11H,2,6-9H2,1H3.